The lowest BCUT2D eigenvalue weighted by atomic mass is 10.3. The number of hydrogen-bond donors (Lipinski definition) is 1. The van der Waals surface area contributed by atoms with Crippen LogP contribution in [0.3, 0.4) is 0 Å². The van der Waals surface area contributed by atoms with Gasteiger partial charge in [0.2, 0.25) is 10.0 Å². The summed E-state index contributed by atoms with van der Waals surface area (Å²) in [5.41, 5.74) is 1.91. The molecule has 5 nitrogen and oxygen atoms in total. The normalized spacial score (nSPS) is 11.7. The predicted molar refractivity (Wildman–Crippen MR) is 55.9 cm³/mol. The zero-order chi connectivity index (χ0) is 10.9. The monoisotopic (exact) mass is 237 g/mol. The summed E-state index contributed by atoms with van der Waals surface area (Å²) in [6, 6.07) is 0. The van der Waals surface area contributed by atoms with E-state index in [-0.39, 0.29) is 0 Å². The predicted octanol–water partition coefficient (Wildman–Crippen LogP) is 0.975. The van der Waals surface area contributed by atoms with Gasteiger partial charge in [0.05, 0.1) is 17.1 Å². The number of aryl methyl sites for hydroxylation is 2. The Kier molecular flexibility index (Phi) is 3.06. The summed E-state index contributed by atoms with van der Waals surface area (Å²) < 4.78 is 26.4. The molecule has 0 spiro atoms. The van der Waals surface area contributed by atoms with Crippen molar-refractivity contribution in [2.24, 2.45) is 7.05 Å². The van der Waals surface area contributed by atoms with Gasteiger partial charge in [-0.05, 0) is 13.8 Å². The summed E-state index contributed by atoms with van der Waals surface area (Å²) in [5.74, 6) is 0. The van der Waals surface area contributed by atoms with Crippen molar-refractivity contribution in [1.82, 2.24) is 9.78 Å². The lowest BCUT2D eigenvalue weighted by Gasteiger charge is -2.04. The van der Waals surface area contributed by atoms with Gasteiger partial charge in [-0.25, -0.2) is 8.42 Å². The molecule has 0 aromatic carbocycles. The van der Waals surface area contributed by atoms with Crippen molar-refractivity contribution in [2.45, 2.75) is 13.8 Å². The first kappa shape index (κ1) is 11.3. The fourth-order valence-electron chi connectivity index (χ4n) is 1.10. The van der Waals surface area contributed by atoms with Crippen LogP contribution in [-0.4, -0.2) is 23.4 Å². The van der Waals surface area contributed by atoms with E-state index in [4.69, 9.17) is 11.6 Å². The molecule has 0 bridgehead atoms. The molecule has 14 heavy (non-hydrogen) atoms. The van der Waals surface area contributed by atoms with Gasteiger partial charge in [-0.3, -0.25) is 9.40 Å². The molecule has 7 heteroatoms. The van der Waals surface area contributed by atoms with Crippen molar-refractivity contribution >= 4 is 27.3 Å². The third-order valence-electron chi connectivity index (χ3n) is 1.91. The highest BCUT2D eigenvalue weighted by Crippen LogP contribution is 2.19. The van der Waals surface area contributed by atoms with Crippen LogP contribution < -0.4 is 4.72 Å². The molecule has 1 rings (SSSR count). The molecule has 0 unspecified atom stereocenters. The summed E-state index contributed by atoms with van der Waals surface area (Å²) >= 11 is 5.28. The van der Waals surface area contributed by atoms with E-state index in [9.17, 15) is 8.42 Å². The molecule has 0 aliphatic heterocycles. The number of nitrogens with one attached hydrogen (secondary N) is 1. The Morgan fingerprint density at radius 3 is 2.43 bits per heavy atom. The lowest BCUT2D eigenvalue weighted by Crippen LogP contribution is -2.14. The van der Waals surface area contributed by atoms with E-state index < -0.39 is 15.2 Å². The Labute approximate surface area is 88.1 Å². The number of halogens is 1. The quantitative estimate of drug-likeness (QED) is 0.797. The van der Waals surface area contributed by atoms with E-state index >= 15 is 0 Å². The van der Waals surface area contributed by atoms with Crippen LogP contribution in [0.1, 0.15) is 11.4 Å². The van der Waals surface area contributed by atoms with Gasteiger partial charge in [-0.1, -0.05) is 0 Å². The molecular weight excluding hydrogens is 226 g/mol. The second kappa shape index (κ2) is 3.78. The summed E-state index contributed by atoms with van der Waals surface area (Å²) in [6.07, 6.45) is 0. The third-order valence-corrected chi connectivity index (χ3v) is 3.57. The van der Waals surface area contributed by atoms with Crippen molar-refractivity contribution in [3.8, 4) is 0 Å². The van der Waals surface area contributed by atoms with Gasteiger partial charge in [0, 0.05) is 7.05 Å². The highest BCUT2D eigenvalue weighted by atomic mass is 35.5. The van der Waals surface area contributed by atoms with Crippen LogP contribution in [0.15, 0.2) is 0 Å². The average Bonchev–Trinajstić information content (AvgIpc) is 2.32. The molecule has 0 saturated heterocycles. The van der Waals surface area contributed by atoms with Gasteiger partial charge in [0.1, 0.15) is 5.21 Å². The van der Waals surface area contributed by atoms with Crippen LogP contribution >= 0.6 is 11.6 Å². The molecule has 0 atom stereocenters. The first-order valence-electron chi connectivity index (χ1n) is 3.94. The van der Waals surface area contributed by atoms with E-state index in [1.807, 2.05) is 0 Å². The van der Waals surface area contributed by atoms with Crippen molar-refractivity contribution in [2.75, 3.05) is 9.93 Å². The van der Waals surface area contributed by atoms with E-state index in [0.717, 1.165) is 5.69 Å². The van der Waals surface area contributed by atoms with Crippen LogP contribution in [-0.2, 0) is 17.1 Å². The van der Waals surface area contributed by atoms with Crippen molar-refractivity contribution in [3.63, 3.8) is 0 Å². The third kappa shape index (κ3) is 2.19. The molecule has 0 saturated carbocycles. The molecule has 1 aromatic rings. The summed E-state index contributed by atoms with van der Waals surface area (Å²) in [6.45, 7) is 3.52. The van der Waals surface area contributed by atoms with Gasteiger partial charge in [0.15, 0.2) is 0 Å². The van der Waals surface area contributed by atoms with Crippen LogP contribution in [0.25, 0.3) is 0 Å². The largest absolute Gasteiger partial charge is 0.279 e. The Morgan fingerprint density at radius 1 is 1.50 bits per heavy atom. The van der Waals surface area contributed by atoms with Crippen LogP contribution in [0.5, 0.6) is 0 Å². The zero-order valence-corrected chi connectivity index (χ0v) is 9.78. The number of nitrogens with zero attached hydrogens (tertiary/aromatic N) is 2. The highest BCUT2D eigenvalue weighted by Gasteiger charge is 2.15. The minimum Gasteiger partial charge on any atom is -0.279 e. The molecule has 0 radical (unpaired) electrons. The van der Waals surface area contributed by atoms with Crippen LogP contribution in [0.2, 0.25) is 0 Å². The summed E-state index contributed by atoms with van der Waals surface area (Å²) in [7, 11) is -1.69. The maximum atomic E-state index is 11.2. The lowest BCUT2D eigenvalue weighted by molar-refractivity contribution is 0.605. The molecular formula is C7H12ClN3O2S. The first-order valence-corrected chi connectivity index (χ1v) is 6.12. The van der Waals surface area contributed by atoms with Crippen LogP contribution in [0, 0.1) is 13.8 Å². The smallest absolute Gasteiger partial charge is 0.246 e. The number of hydrogen-bond acceptors (Lipinski definition) is 3. The highest BCUT2D eigenvalue weighted by molar-refractivity contribution is 7.93. The summed E-state index contributed by atoms with van der Waals surface area (Å²) in [4.78, 5) is 0. The van der Waals surface area contributed by atoms with Gasteiger partial charge >= 0.3 is 0 Å². The van der Waals surface area contributed by atoms with Gasteiger partial charge in [0.25, 0.3) is 0 Å². The minimum atomic E-state index is -3.44. The van der Waals surface area contributed by atoms with E-state index in [1.54, 1.807) is 25.6 Å². The molecule has 0 aliphatic carbocycles. The summed E-state index contributed by atoms with van der Waals surface area (Å²) in [5, 5.41) is 3.62. The van der Waals surface area contributed by atoms with E-state index in [2.05, 4.69) is 9.82 Å². The number of rotatable bonds is 3. The molecule has 80 valence electrons. The topological polar surface area (TPSA) is 64.0 Å². The Balaban J connectivity index is 3.09. The molecule has 1 aromatic heterocycles. The Bertz CT molecular complexity index is 438. The maximum Gasteiger partial charge on any atom is 0.246 e. The Morgan fingerprint density at radius 2 is 2.07 bits per heavy atom. The van der Waals surface area contributed by atoms with Gasteiger partial charge in [-0.2, -0.15) is 5.10 Å². The fourth-order valence-corrected chi connectivity index (χ4v) is 1.93. The van der Waals surface area contributed by atoms with E-state index in [1.165, 1.54) is 0 Å². The fraction of sp³-hybridized carbons (Fsp3) is 0.571. The Hall–Kier alpha value is -0.750. The SMILES string of the molecule is Cc1nn(C)c(C)c1NS(=O)(=O)CCl. The standard InChI is InChI=1S/C7H12ClN3O2S/c1-5-7(6(2)11(3)9-5)10-14(12,13)4-8/h10H,4H2,1-3H3. The van der Waals surface area contributed by atoms with Crippen molar-refractivity contribution in [3.05, 3.63) is 11.4 Å². The number of alkyl halides is 1. The molecule has 0 aliphatic rings. The number of anilines is 1. The van der Waals surface area contributed by atoms with Gasteiger partial charge < -0.3 is 0 Å². The number of aromatic nitrogens is 2. The molecule has 0 amide bonds. The van der Waals surface area contributed by atoms with Crippen molar-refractivity contribution < 1.29 is 8.42 Å². The first-order chi connectivity index (χ1) is 6.37. The number of sulfonamides is 1. The van der Waals surface area contributed by atoms with E-state index in [0.29, 0.717) is 11.4 Å². The maximum absolute atomic E-state index is 11.2. The minimum absolute atomic E-state index is 0.458. The second-order valence-electron chi connectivity index (χ2n) is 3.00. The van der Waals surface area contributed by atoms with Gasteiger partial charge in [-0.15, -0.1) is 11.6 Å². The van der Waals surface area contributed by atoms with Crippen LogP contribution in [0.4, 0.5) is 5.69 Å². The second-order valence-corrected chi connectivity index (χ2v) is 5.30. The molecule has 0 fully saturated rings. The average molecular weight is 238 g/mol. The zero-order valence-electron chi connectivity index (χ0n) is 8.20. The molecule has 1 heterocycles. The van der Waals surface area contributed by atoms with Crippen molar-refractivity contribution in [1.29, 1.82) is 0 Å². The molecule has 1 N–H and O–H groups in total.